The third kappa shape index (κ3) is 6.81. The van der Waals surface area contributed by atoms with Gasteiger partial charge in [0.2, 0.25) is 0 Å². The van der Waals surface area contributed by atoms with Gasteiger partial charge in [-0.05, 0) is 86.9 Å². The molecular formula is C32H34Cl2N2O4. The van der Waals surface area contributed by atoms with Gasteiger partial charge in [-0.15, -0.1) is 0 Å². The molecule has 4 aromatic rings. The van der Waals surface area contributed by atoms with Crippen LogP contribution >= 0.6 is 23.2 Å². The third-order valence-corrected chi connectivity index (χ3v) is 8.25. The van der Waals surface area contributed by atoms with E-state index in [-0.39, 0.29) is 5.43 Å². The molecule has 1 aliphatic rings. The molecule has 2 heterocycles. The lowest BCUT2D eigenvalue weighted by Crippen LogP contribution is -2.43. The molecule has 0 saturated carbocycles. The first-order valence-electron chi connectivity index (χ1n) is 13.6. The summed E-state index contributed by atoms with van der Waals surface area (Å²) in [6, 6.07) is 19.1. The second-order valence-electron chi connectivity index (χ2n) is 10.3. The van der Waals surface area contributed by atoms with Gasteiger partial charge in [0, 0.05) is 35.2 Å². The van der Waals surface area contributed by atoms with Gasteiger partial charge in [-0.3, -0.25) is 9.69 Å². The summed E-state index contributed by atoms with van der Waals surface area (Å²) >= 11 is 12.4. The Labute approximate surface area is 245 Å². The lowest BCUT2D eigenvalue weighted by molar-refractivity contribution is 0.119. The molecule has 0 atom stereocenters. The van der Waals surface area contributed by atoms with Crippen LogP contribution in [0.3, 0.4) is 0 Å². The average Bonchev–Trinajstić information content (AvgIpc) is 2.97. The van der Waals surface area contributed by atoms with Crippen molar-refractivity contribution < 1.29 is 13.9 Å². The van der Waals surface area contributed by atoms with Gasteiger partial charge in [-0.2, -0.15) is 0 Å². The minimum Gasteiger partial charge on any atom is -0.497 e. The smallest absolute Gasteiger partial charge is 0.200 e. The van der Waals surface area contributed by atoms with E-state index in [0.29, 0.717) is 40.0 Å². The van der Waals surface area contributed by atoms with E-state index in [9.17, 15) is 4.79 Å². The number of hydrogen-bond donors (Lipinski definition) is 0. The highest BCUT2D eigenvalue weighted by Crippen LogP contribution is 2.26. The summed E-state index contributed by atoms with van der Waals surface area (Å²) in [6.07, 6.45) is 4.69. The van der Waals surface area contributed by atoms with Gasteiger partial charge in [0.15, 0.2) is 5.43 Å². The second kappa shape index (κ2) is 13.1. The van der Waals surface area contributed by atoms with Gasteiger partial charge in [0.1, 0.15) is 23.3 Å². The molecule has 1 fully saturated rings. The molecule has 0 aliphatic carbocycles. The zero-order valence-electron chi connectivity index (χ0n) is 22.9. The van der Waals surface area contributed by atoms with E-state index < -0.39 is 0 Å². The molecule has 0 amide bonds. The molecular weight excluding hydrogens is 547 g/mol. The summed E-state index contributed by atoms with van der Waals surface area (Å²) in [4.78, 5) is 18.0. The molecule has 8 heteroatoms. The molecule has 1 aromatic heterocycles. The van der Waals surface area contributed by atoms with Crippen molar-refractivity contribution in [2.24, 2.45) is 0 Å². The van der Waals surface area contributed by atoms with Crippen LogP contribution in [0.15, 0.2) is 76.1 Å². The molecule has 1 saturated heterocycles. The lowest BCUT2D eigenvalue weighted by Gasteiger charge is -2.37. The van der Waals surface area contributed by atoms with Gasteiger partial charge >= 0.3 is 0 Å². The predicted octanol–water partition coefficient (Wildman–Crippen LogP) is 7.14. The van der Waals surface area contributed by atoms with Crippen molar-refractivity contribution >= 4 is 34.2 Å². The topological polar surface area (TPSA) is 55.2 Å². The summed E-state index contributed by atoms with van der Waals surface area (Å²) in [7, 11) is 3.81. The van der Waals surface area contributed by atoms with Crippen LogP contribution in [-0.2, 0) is 6.54 Å². The highest BCUT2D eigenvalue weighted by molar-refractivity contribution is 6.35. The third-order valence-electron chi connectivity index (χ3n) is 7.66. The summed E-state index contributed by atoms with van der Waals surface area (Å²) in [5.74, 6) is 1.44. The number of benzene rings is 3. The minimum atomic E-state index is -0.0677. The Kier molecular flexibility index (Phi) is 9.33. The van der Waals surface area contributed by atoms with Crippen LogP contribution in [0.1, 0.15) is 24.8 Å². The predicted molar refractivity (Wildman–Crippen MR) is 162 cm³/mol. The van der Waals surface area contributed by atoms with E-state index in [1.165, 1.54) is 6.26 Å². The van der Waals surface area contributed by atoms with Crippen LogP contribution in [0.5, 0.6) is 11.5 Å². The normalized spacial score (nSPS) is 14.6. The maximum Gasteiger partial charge on any atom is 0.200 e. The van der Waals surface area contributed by atoms with Crippen LogP contribution in [0.4, 0.5) is 0 Å². The van der Waals surface area contributed by atoms with E-state index in [0.717, 1.165) is 67.3 Å². The monoisotopic (exact) mass is 580 g/mol. The molecule has 0 radical (unpaired) electrons. The maximum absolute atomic E-state index is 13.1. The van der Waals surface area contributed by atoms with Crippen molar-refractivity contribution in [2.75, 3.05) is 40.4 Å². The molecule has 210 valence electrons. The first-order valence-corrected chi connectivity index (χ1v) is 14.4. The van der Waals surface area contributed by atoms with E-state index in [1.807, 2.05) is 48.5 Å². The molecule has 3 aromatic carbocycles. The number of nitrogens with zero attached hydrogens (tertiary/aromatic N) is 2. The standard InChI is InChI=1S/C32H34Cl2N2O4/c1-35(25-12-15-36(16-13-25)20-23-4-7-24(33)18-30(23)34)14-3-17-39-27-10-11-28-31(19-27)40-21-29(32(28)37)22-5-8-26(38-2)9-6-22/h4-11,18-19,21,25H,3,12-17,20H2,1-2H3. The Hall–Kier alpha value is -3.03. The Morgan fingerprint density at radius 1 is 1.00 bits per heavy atom. The van der Waals surface area contributed by atoms with Crippen LogP contribution < -0.4 is 14.9 Å². The molecule has 0 bridgehead atoms. The molecule has 0 unspecified atom stereocenters. The molecule has 0 spiro atoms. The zero-order valence-corrected chi connectivity index (χ0v) is 24.4. The largest absolute Gasteiger partial charge is 0.497 e. The fourth-order valence-corrected chi connectivity index (χ4v) is 5.73. The van der Waals surface area contributed by atoms with Gasteiger partial charge in [-0.25, -0.2) is 0 Å². The second-order valence-corrected chi connectivity index (χ2v) is 11.1. The Morgan fingerprint density at radius 3 is 2.48 bits per heavy atom. The van der Waals surface area contributed by atoms with E-state index in [2.05, 4.69) is 16.8 Å². The average molecular weight is 582 g/mol. The van der Waals surface area contributed by atoms with Gasteiger partial charge < -0.3 is 18.8 Å². The Bertz CT molecular complexity index is 1500. The fourth-order valence-electron chi connectivity index (χ4n) is 5.26. The number of ether oxygens (including phenoxy) is 2. The van der Waals surface area contributed by atoms with Crippen molar-refractivity contribution in [1.82, 2.24) is 9.80 Å². The summed E-state index contributed by atoms with van der Waals surface area (Å²) in [5, 5.41) is 1.94. The first-order chi connectivity index (χ1) is 19.4. The number of methoxy groups -OCH3 is 1. The van der Waals surface area contributed by atoms with E-state index >= 15 is 0 Å². The van der Waals surface area contributed by atoms with Crippen LogP contribution in [0.25, 0.3) is 22.1 Å². The van der Waals surface area contributed by atoms with Crippen molar-refractivity contribution in [2.45, 2.75) is 31.8 Å². The number of halogens is 2. The van der Waals surface area contributed by atoms with E-state index in [4.69, 9.17) is 37.1 Å². The number of likely N-dealkylation sites (tertiary alicyclic amines) is 1. The number of fused-ring (bicyclic) bond motifs is 1. The number of piperidine rings is 1. The van der Waals surface area contributed by atoms with Crippen molar-refractivity contribution in [3.8, 4) is 22.6 Å². The van der Waals surface area contributed by atoms with Gasteiger partial charge in [0.25, 0.3) is 0 Å². The highest BCUT2D eigenvalue weighted by atomic mass is 35.5. The fraction of sp³-hybridized carbons (Fsp3) is 0.344. The van der Waals surface area contributed by atoms with Crippen molar-refractivity contribution in [3.63, 3.8) is 0 Å². The highest BCUT2D eigenvalue weighted by Gasteiger charge is 2.22. The Morgan fingerprint density at radius 2 is 1.75 bits per heavy atom. The molecule has 6 nitrogen and oxygen atoms in total. The maximum atomic E-state index is 13.1. The zero-order chi connectivity index (χ0) is 28.1. The van der Waals surface area contributed by atoms with Gasteiger partial charge in [0.05, 0.1) is 24.7 Å². The first kappa shape index (κ1) is 28.5. The summed E-state index contributed by atoms with van der Waals surface area (Å²) < 4.78 is 17.0. The molecule has 40 heavy (non-hydrogen) atoms. The quantitative estimate of drug-likeness (QED) is 0.186. The van der Waals surface area contributed by atoms with Gasteiger partial charge in [-0.1, -0.05) is 41.4 Å². The summed E-state index contributed by atoms with van der Waals surface area (Å²) in [5.41, 5.74) is 2.88. The van der Waals surface area contributed by atoms with Crippen LogP contribution in [0, 0.1) is 0 Å². The van der Waals surface area contributed by atoms with Crippen LogP contribution in [0.2, 0.25) is 10.0 Å². The number of rotatable bonds is 10. The SMILES string of the molecule is COc1ccc(-c2coc3cc(OCCCN(C)C4CCN(Cc5ccc(Cl)cc5Cl)CC4)ccc3c2=O)cc1. The van der Waals surface area contributed by atoms with Crippen LogP contribution in [-0.4, -0.2) is 56.2 Å². The molecule has 0 N–H and O–H groups in total. The van der Waals surface area contributed by atoms with Crippen molar-refractivity contribution in [3.05, 3.63) is 92.8 Å². The molecule has 1 aliphatic heterocycles. The van der Waals surface area contributed by atoms with Crippen molar-refractivity contribution in [1.29, 1.82) is 0 Å². The Balaban J connectivity index is 1.08. The van der Waals surface area contributed by atoms with E-state index in [1.54, 1.807) is 19.2 Å². The summed E-state index contributed by atoms with van der Waals surface area (Å²) in [6.45, 7) is 4.51. The lowest BCUT2D eigenvalue weighted by atomic mass is 10.0. The molecule has 5 rings (SSSR count). The minimum absolute atomic E-state index is 0.0677. The number of hydrogen-bond acceptors (Lipinski definition) is 6.